The normalized spacial score (nSPS) is 11.2. The third kappa shape index (κ3) is 8.46. The molecule has 0 aliphatic rings. The van der Waals surface area contributed by atoms with Crippen LogP contribution < -0.4 is 16.0 Å². The lowest BCUT2D eigenvalue weighted by Crippen LogP contribution is -2.48. The fourth-order valence-corrected chi connectivity index (χ4v) is 3.93. The van der Waals surface area contributed by atoms with Crippen molar-refractivity contribution in [2.24, 2.45) is 0 Å². The minimum absolute atomic E-state index is 0.0353. The Bertz CT molecular complexity index is 1550. The van der Waals surface area contributed by atoms with Crippen LogP contribution in [0.4, 0.5) is 11.4 Å². The quantitative estimate of drug-likeness (QED) is 0.150. The van der Waals surface area contributed by atoms with Crippen LogP contribution in [0.1, 0.15) is 31.8 Å². The minimum Gasteiger partial charge on any atom is -0.508 e. The molecule has 3 rings (SSSR count). The average Bonchev–Trinajstić information content (AvgIpc) is 2.93. The number of hydrogen-bond acceptors (Lipinski definition) is 9. The summed E-state index contributed by atoms with van der Waals surface area (Å²) in [6.45, 7) is -0.485. The molecule has 15 nitrogen and oxygen atoms in total. The molecule has 16 heteroatoms. The number of carboxylic acid groups (broad SMARTS) is 1. The lowest BCUT2D eigenvalue weighted by molar-refractivity contribution is -0.394. The number of phenolic OH excluding ortho intramolecular Hbond substituents is 1. The number of carbonyl (C=O) groups is 4. The van der Waals surface area contributed by atoms with Crippen molar-refractivity contribution >= 4 is 46.7 Å². The van der Waals surface area contributed by atoms with Crippen LogP contribution in [-0.2, 0) is 22.6 Å². The Morgan fingerprint density at radius 2 is 1.52 bits per heavy atom. The second-order valence-electron chi connectivity index (χ2n) is 8.76. The van der Waals surface area contributed by atoms with Crippen LogP contribution in [0.15, 0.2) is 60.7 Å². The molecule has 0 bridgehead atoms. The van der Waals surface area contributed by atoms with Crippen LogP contribution >= 0.6 is 11.6 Å². The number of halogens is 1. The first-order chi connectivity index (χ1) is 19.8. The number of phenols is 1. The Balaban J connectivity index is 1.61. The van der Waals surface area contributed by atoms with Gasteiger partial charge in [-0.2, -0.15) is 0 Å². The summed E-state index contributed by atoms with van der Waals surface area (Å²) >= 11 is 6.17. The molecule has 0 heterocycles. The highest BCUT2D eigenvalue weighted by atomic mass is 35.5. The summed E-state index contributed by atoms with van der Waals surface area (Å²) in [7, 11) is 0. The number of nitro groups is 2. The van der Waals surface area contributed by atoms with Gasteiger partial charge in [-0.3, -0.25) is 34.6 Å². The molecule has 0 aliphatic heterocycles. The largest absolute Gasteiger partial charge is 0.508 e. The molecule has 0 spiro atoms. The smallest absolute Gasteiger partial charge is 0.328 e. The van der Waals surface area contributed by atoms with Gasteiger partial charge in [-0.1, -0.05) is 23.7 Å². The van der Waals surface area contributed by atoms with Crippen molar-refractivity contribution in [1.82, 2.24) is 16.0 Å². The predicted octanol–water partition coefficient (Wildman–Crippen LogP) is 2.33. The summed E-state index contributed by atoms with van der Waals surface area (Å²) < 4.78 is 0. The Morgan fingerprint density at radius 1 is 0.857 bits per heavy atom. The number of aromatic hydroxyl groups is 1. The zero-order valence-corrected chi connectivity index (χ0v) is 22.2. The molecule has 3 amide bonds. The highest BCUT2D eigenvalue weighted by molar-refractivity contribution is 6.34. The van der Waals surface area contributed by atoms with E-state index in [9.17, 15) is 49.6 Å². The van der Waals surface area contributed by atoms with E-state index in [1.54, 1.807) is 12.1 Å². The molecule has 0 aliphatic carbocycles. The van der Waals surface area contributed by atoms with Gasteiger partial charge in [0, 0.05) is 30.8 Å². The third-order valence-corrected chi connectivity index (χ3v) is 6.01. The van der Waals surface area contributed by atoms with Crippen LogP contribution in [0.3, 0.4) is 0 Å². The Morgan fingerprint density at radius 3 is 2.10 bits per heavy atom. The number of rotatable bonds is 12. The van der Waals surface area contributed by atoms with Gasteiger partial charge in [0.15, 0.2) is 0 Å². The number of amides is 3. The van der Waals surface area contributed by atoms with Crippen molar-refractivity contribution < 1.29 is 39.2 Å². The van der Waals surface area contributed by atoms with Crippen molar-refractivity contribution in [3.63, 3.8) is 0 Å². The van der Waals surface area contributed by atoms with Crippen LogP contribution in [-0.4, -0.2) is 56.3 Å². The molecule has 0 fully saturated rings. The standard InChI is InChI=1S/C26H22ClN5O10/c27-21-10-16(24(35)29-12-14-2-1-3-19(33)8-14)4-5-20(21)25(36)30-22(26(37)38)13-28-23(34)9-15-6-17(31(39)40)11-18(7-15)32(41)42/h1-8,10-11,22,33H,9,12-13H2,(H,28,34)(H,29,35)(H,30,36)(H,37,38)/t22-/m0/s1. The molecule has 5 N–H and O–H groups in total. The monoisotopic (exact) mass is 599 g/mol. The van der Waals surface area contributed by atoms with Crippen LogP contribution in [0.2, 0.25) is 5.02 Å². The topological polar surface area (TPSA) is 231 Å². The van der Waals surface area contributed by atoms with Crippen LogP contribution in [0.25, 0.3) is 0 Å². The maximum atomic E-state index is 12.7. The van der Waals surface area contributed by atoms with Gasteiger partial charge in [0.2, 0.25) is 5.91 Å². The summed E-state index contributed by atoms with van der Waals surface area (Å²) in [6, 6.07) is 11.1. The molecule has 0 unspecified atom stereocenters. The minimum atomic E-state index is -1.62. The highest BCUT2D eigenvalue weighted by Gasteiger charge is 2.24. The van der Waals surface area contributed by atoms with Gasteiger partial charge in [0.05, 0.1) is 32.9 Å². The Labute approximate surface area is 241 Å². The van der Waals surface area contributed by atoms with Crippen molar-refractivity contribution in [3.05, 3.63) is 108 Å². The molecule has 0 saturated heterocycles. The van der Waals surface area contributed by atoms with Crippen LogP contribution in [0, 0.1) is 20.2 Å². The first-order valence-corrected chi connectivity index (χ1v) is 12.3. The molecule has 0 saturated carbocycles. The van der Waals surface area contributed by atoms with Gasteiger partial charge in [0.1, 0.15) is 11.8 Å². The van der Waals surface area contributed by atoms with Crippen LogP contribution in [0.5, 0.6) is 5.75 Å². The van der Waals surface area contributed by atoms with E-state index >= 15 is 0 Å². The number of carbonyl (C=O) groups excluding carboxylic acids is 3. The Kier molecular flexibility index (Phi) is 10.1. The molecular weight excluding hydrogens is 578 g/mol. The SMILES string of the molecule is O=C(Cc1cc([N+](=O)[O-])cc([N+](=O)[O-])c1)NC[C@H](NC(=O)c1ccc(C(=O)NCc2cccc(O)c2)cc1Cl)C(=O)O. The number of hydrogen-bond donors (Lipinski definition) is 5. The molecule has 3 aromatic rings. The van der Waals surface area contributed by atoms with E-state index in [1.165, 1.54) is 30.3 Å². The zero-order chi connectivity index (χ0) is 31.0. The van der Waals surface area contributed by atoms with E-state index in [-0.39, 0.29) is 34.0 Å². The van der Waals surface area contributed by atoms with E-state index in [0.29, 0.717) is 5.56 Å². The molecule has 218 valence electrons. The van der Waals surface area contributed by atoms with Crippen molar-refractivity contribution in [2.45, 2.75) is 19.0 Å². The van der Waals surface area contributed by atoms with E-state index < -0.39 is 63.9 Å². The summed E-state index contributed by atoms with van der Waals surface area (Å²) in [5.41, 5.74) is -0.646. The lowest BCUT2D eigenvalue weighted by atomic mass is 10.1. The van der Waals surface area contributed by atoms with Gasteiger partial charge >= 0.3 is 5.97 Å². The Hall–Kier alpha value is -5.57. The molecule has 1 atom stereocenters. The van der Waals surface area contributed by atoms with E-state index in [4.69, 9.17) is 11.6 Å². The molecule has 3 aromatic carbocycles. The number of nitrogens with zero attached hydrogens (tertiary/aromatic N) is 2. The van der Waals surface area contributed by atoms with Crippen molar-refractivity contribution in [2.75, 3.05) is 6.54 Å². The molecule has 42 heavy (non-hydrogen) atoms. The number of nitrogens with one attached hydrogen (secondary N) is 3. The highest BCUT2D eigenvalue weighted by Crippen LogP contribution is 2.23. The second kappa shape index (κ2) is 13.7. The van der Waals surface area contributed by atoms with Gasteiger partial charge in [-0.05, 0) is 41.5 Å². The van der Waals surface area contributed by atoms with E-state index in [1.807, 2.05) is 0 Å². The van der Waals surface area contributed by atoms with Gasteiger partial charge in [-0.25, -0.2) is 4.79 Å². The van der Waals surface area contributed by atoms with Gasteiger partial charge in [0.25, 0.3) is 23.2 Å². The second-order valence-corrected chi connectivity index (χ2v) is 9.17. The maximum absolute atomic E-state index is 12.7. The van der Waals surface area contributed by atoms with Crippen molar-refractivity contribution in [3.8, 4) is 5.75 Å². The fourth-order valence-electron chi connectivity index (χ4n) is 3.66. The number of carboxylic acids is 1. The van der Waals surface area contributed by atoms with E-state index in [2.05, 4.69) is 16.0 Å². The number of aliphatic carboxylic acids is 1. The summed E-state index contributed by atoms with van der Waals surface area (Å²) in [5.74, 6) is -3.72. The fraction of sp³-hybridized carbons (Fsp3) is 0.154. The van der Waals surface area contributed by atoms with Gasteiger partial charge < -0.3 is 26.2 Å². The first kappa shape index (κ1) is 31.0. The molecule has 0 aromatic heterocycles. The molecular formula is C26H22ClN5O10. The number of benzene rings is 3. The predicted molar refractivity (Wildman–Crippen MR) is 146 cm³/mol. The van der Waals surface area contributed by atoms with Crippen molar-refractivity contribution in [1.29, 1.82) is 0 Å². The number of non-ortho nitro benzene ring substituents is 2. The summed E-state index contributed by atoms with van der Waals surface area (Å²) in [5, 5.41) is 48.0. The summed E-state index contributed by atoms with van der Waals surface area (Å²) in [6.07, 6.45) is -0.538. The lowest BCUT2D eigenvalue weighted by Gasteiger charge is -2.16. The van der Waals surface area contributed by atoms with Gasteiger partial charge in [-0.15, -0.1) is 0 Å². The molecule has 0 radical (unpaired) electrons. The zero-order valence-electron chi connectivity index (χ0n) is 21.4. The summed E-state index contributed by atoms with van der Waals surface area (Å²) in [4.78, 5) is 69.6. The average molecular weight is 600 g/mol. The first-order valence-electron chi connectivity index (χ1n) is 11.9. The third-order valence-electron chi connectivity index (χ3n) is 5.69. The maximum Gasteiger partial charge on any atom is 0.328 e. The van der Waals surface area contributed by atoms with E-state index in [0.717, 1.165) is 18.2 Å². The number of nitro benzene ring substituents is 2.